The van der Waals surface area contributed by atoms with Crippen LogP contribution in [0.4, 0.5) is 13.2 Å². The summed E-state index contributed by atoms with van der Waals surface area (Å²) in [6.45, 7) is -0.153. The third-order valence-corrected chi connectivity index (χ3v) is 4.06. The highest BCUT2D eigenvalue weighted by atomic mass is 32.1. The van der Waals surface area contributed by atoms with Crippen LogP contribution in [0.2, 0.25) is 0 Å². The Labute approximate surface area is 110 Å². The van der Waals surface area contributed by atoms with E-state index in [2.05, 4.69) is 0 Å². The number of carbonyl (C=O) groups excluding carboxylic acids is 1. The summed E-state index contributed by atoms with van der Waals surface area (Å²) >= 11 is 1.06. The lowest BCUT2D eigenvalue weighted by Gasteiger charge is -2.21. The molecule has 104 valence electrons. The Morgan fingerprint density at radius 2 is 2.05 bits per heavy atom. The Balaban J connectivity index is 2.25. The maximum atomic E-state index is 12.4. The number of carboxylic acid groups (broad SMARTS) is 1. The maximum absolute atomic E-state index is 12.4. The number of rotatable bonds is 1. The van der Waals surface area contributed by atoms with Gasteiger partial charge in [-0.25, -0.2) is 4.79 Å². The molecule has 1 aliphatic heterocycles. The van der Waals surface area contributed by atoms with Gasteiger partial charge in [-0.3, -0.25) is 4.79 Å². The van der Waals surface area contributed by atoms with E-state index in [0.717, 1.165) is 21.1 Å². The summed E-state index contributed by atoms with van der Waals surface area (Å²) in [5, 5.41) is 8.86. The van der Waals surface area contributed by atoms with E-state index in [-0.39, 0.29) is 18.0 Å². The van der Waals surface area contributed by atoms with Crippen molar-refractivity contribution in [1.29, 1.82) is 0 Å². The fraction of sp³-hybridized carbons (Fsp3) is 0.455. The largest absolute Gasteiger partial charge is 0.477 e. The van der Waals surface area contributed by atoms with E-state index >= 15 is 0 Å². The molecule has 0 saturated carbocycles. The number of carbonyl (C=O) groups is 2. The SMILES string of the molecule is O=C(O)c1cc2c(s1)CCCN(C(=O)C(F)(F)F)C2. The lowest BCUT2D eigenvalue weighted by Crippen LogP contribution is -2.40. The Kier molecular flexibility index (Phi) is 3.53. The van der Waals surface area contributed by atoms with Crippen molar-refractivity contribution in [2.75, 3.05) is 6.54 Å². The van der Waals surface area contributed by atoms with Crippen LogP contribution in [0.3, 0.4) is 0 Å². The quantitative estimate of drug-likeness (QED) is 0.864. The van der Waals surface area contributed by atoms with Crippen molar-refractivity contribution in [3.63, 3.8) is 0 Å². The molecular formula is C11H10F3NO3S. The molecule has 0 fully saturated rings. The molecule has 0 bridgehead atoms. The predicted octanol–water partition coefficient (Wildman–Crippen LogP) is 2.28. The van der Waals surface area contributed by atoms with E-state index in [1.54, 1.807) is 0 Å². The van der Waals surface area contributed by atoms with E-state index in [0.29, 0.717) is 18.4 Å². The van der Waals surface area contributed by atoms with Gasteiger partial charge >= 0.3 is 18.1 Å². The van der Waals surface area contributed by atoms with Gasteiger partial charge < -0.3 is 10.0 Å². The minimum atomic E-state index is -4.89. The monoisotopic (exact) mass is 293 g/mol. The first kappa shape index (κ1) is 13.9. The summed E-state index contributed by atoms with van der Waals surface area (Å²) in [6.07, 6.45) is -4.00. The molecule has 0 saturated heterocycles. The van der Waals surface area contributed by atoms with Gasteiger partial charge in [-0.05, 0) is 24.5 Å². The molecule has 1 aromatic heterocycles. The van der Waals surface area contributed by atoms with Crippen molar-refractivity contribution in [3.8, 4) is 0 Å². The van der Waals surface area contributed by atoms with Crippen LogP contribution in [-0.4, -0.2) is 34.6 Å². The first-order valence-electron chi connectivity index (χ1n) is 5.50. The normalized spacial score (nSPS) is 15.8. The van der Waals surface area contributed by atoms with Crippen LogP contribution in [0.15, 0.2) is 6.07 Å². The standard InChI is InChI=1S/C11H10F3NO3S/c12-11(13,14)10(18)15-3-1-2-7-6(5-15)4-8(19-7)9(16)17/h4H,1-3,5H2,(H,16,17). The molecule has 1 amide bonds. The molecular weight excluding hydrogens is 283 g/mol. The van der Waals surface area contributed by atoms with Crippen LogP contribution in [0.1, 0.15) is 26.5 Å². The molecule has 0 radical (unpaired) electrons. The second-order valence-corrected chi connectivity index (χ2v) is 5.33. The summed E-state index contributed by atoms with van der Waals surface area (Å²) in [4.78, 5) is 23.6. The lowest BCUT2D eigenvalue weighted by atomic mass is 10.2. The van der Waals surface area contributed by atoms with Gasteiger partial charge in [0, 0.05) is 18.0 Å². The topological polar surface area (TPSA) is 57.6 Å². The number of fused-ring (bicyclic) bond motifs is 1. The predicted molar refractivity (Wildman–Crippen MR) is 61.1 cm³/mol. The zero-order chi connectivity index (χ0) is 14.2. The Bertz CT molecular complexity index is 524. The number of halogens is 3. The molecule has 0 aliphatic carbocycles. The second-order valence-electron chi connectivity index (χ2n) is 4.19. The lowest BCUT2D eigenvalue weighted by molar-refractivity contribution is -0.186. The number of aromatic carboxylic acids is 1. The van der Waals surface area contributed by atoms with Crippen molar-refractivity contribution in [1.82, 2.24) is 4.90 Å². The molecule has 0 spiro atoms. The number of amides is 1. The number of hydrogen-bond acceptors (Lipinski definition) is 3. The van der Waals surface area contributed by atoms with Gasteiger partial charge in [-0.2, -0.15) is 13.2 Å². The highest BCUT2D eigenvalue weighted by Crippen LogP contribution is 2.29. The highest BCUT2D eigenvalue weighted by molar-refractivity contribution is 7.14. The molecule has 1 aromatic rings. The number of alkyl halides is 3. The molecule has 4 nitrogen and oxygen atoms in total. The van der Waals surface area contributed by atoms with Crippen LogP contribution in [-0.2, 0) is 17.8 Å². The van der Waals surface area contributed by atoms with Crippen molar-refractivity contribution in [2.24, 2.45) is 0 Å². The maximum Gasteiger partial charge on any atom is 0.471 e. The number of hydrogen-bond donors (Lipinski definition) is 1. The fourth-order valence-electron chi connectivity index (χ4n) is 1.99. The zero-order valence-corrected chi connectivity index (χ0v) is 10.5. The van der Waals surface area contributed by atoms with Crippen molar-refractivity contribution < 1.29 is 27.9 Å². The first-order chi connectivity index (χ1) is 8.79. The summed E-state index contributed by atoms with van der Waals surface area (Å²) in [6, 6.07) is 1.35. The van der Waals surface area contributed by atoms with Gasteiger partial charge in [0.25, 0.3) is 0 Å². The molecule has 1 N–H and O–H groups in total. The summed E-state index contributed by atoms with van der Waals surface area (Å²) in [7, 11) is 0. The zero-order valence-electron chi connectivity index (χ0n) is 9.66. The van der Waals surface area contributed by atoms with E-state index in [9.17, 15) is 22.8 Å². The van der Waals surface area contributed by atoms with Crippen molar-refractivity contribution in [2.45, 2.75) is 25.6 Å². The molecule has 0 atom stereocenters. The summed E-state index contributed by atoms with van der Waals surface area (Å²) < 4.78 is 37.2. The van der Waals surface area contributed by atoms with Gasteiger partial charge in [0.15, 0.2) is 0 Å². The van der Waals surface area contributed by atoms with E-state index in [1.807, 2.05) is 0 Å². The minimum Gasteiger partial charge on any atom is -0.477 e. The second kappa shape index (κ2) is 4.84. The van der Waals surface area contributed by atoms with Crippen LogP contribution >= 0.6 is 11.3 Å². The summed E-state index contributed by atoms with van der Waals surface area (Å²) in [5.41, 5.74) is 0.498. The van der Waals surface area contributed by atoms with Crippen LogP contribution in [0.25, 0.3) is 0 Å². The van der Waals surface area contributed by atoms with Crippen molar-refractivity contribution in [3.05, 3.63) is 21.4 Å². The average Bonchev–Trinajstić information content (AvgIpc) is 2.60. The molecule has 19 heavy (non-hydrogen) atoms. The van der Waals surface area contributed by atoms with Gasteiger partial charge in [0.05, 0.1) is 0 Å². The van der Waals surface area contributed by atoms with Gasteiger partial charge in [-0.1, -0.05) is 0 Å². The highest BCUT2D eigenvalue weighted by Gasteiger charge is 2.42. The van der Waals surface area contributed by atoms with Crippen molar-refractivity contribution >= 4 is 23.2 Å². The minimum absolute atomic E-state index is 0.0299. The fourth-order valence-corrected chi connectivity index (χ4v) is 3.04. The smallest absolute Gasteiger partial charge is 0.471 e. The molecule has 2 heterocycles. The number of aryl methyl sites for hydroxylation is 1. The van der Waals surface area contributed by atoms with Crippen LogP contribution in [0, 0.1) is 0 Å². The first-order valence-corrected chi connectivity index (χ1v) is 6.31. The molecule has 0 aromatic carbocycles. The van der Waals surface area contributed by atoms with E-state index < -0.39 is 18.1 Å². The Morgan fingerprint density at radius 1 is 1.37 bits per heavy atom. The summed E-state index contributed by atoms with van der Waals surface area (Å²) in [5.74, 6) is -2.98. The van der Waals surface area contributed by atoms with E-state index in [1.165, 1.54) is 6.07 Å². The number of nitrogens with zero attached hydrogens (tertiary/aromatic N) is 1. The van der Waals surface area contributed by atoms with Crippen LogP contribution in [0.5, 0.6) is 0 Å². The Hall–Kier alpha value is -1.57. The van der Waals surface area contributed by atoms with Gasteiger partial charge in [-0.15, -0.1) is 11.3 Å². The molecule has 2 rings (SSSR count). The van der Waals surface area contributed by atoms with E-state index in [4.69, 9.17) is 5.11 Å². The number of carboxylic acids is 1. The Morgan fingerprint density at radius 3 is 2.63 bits per heavy atom. The average molecular weight is 293 g/mol. The molecule has 1 aliphatic rings. The molecule has 0 unspecified atom stereocenters. The third kappa shape index (κ3) is 2.89. The molecule has 8 heteroatoms. The van der Waals surface area contributed by atoms with Gasteiger partial charge in [0.1, 0.15) is 4.88 Å². The number of thiophene rings is 1. The third-order valence-electron chi connectivity index (χ3n) is 2.83. The van der Waals surface area contributed by atoms with Gasteiger partial charge in [0.2, 0.25) is 0 Å². The van der Waals surface area contributed by atoms with Crippen LogP contribution < -0.4 is 0 Å².